The van der Waals surface area contributed by atoms with Gasteiger partial charge in [-0.2, -0.15) is 0 Å². The molecule has 0 saturated carbocycles. The Morgan fingerprint density at radius 1 is 1.55 bits per heavy atom. The Labute approximate surface area is 119 Å². The van der Waals surface area contributed by atoms with Crippen LogP contribution in [0.15, 0.2) is 24.3 Å². The van der Waals surface area contributed by atoms with Gasteiger partial charge < -0.3 is 15.2 Å². The fourth-order valence-corrected chi connectivity index (χ4v) is 2.24. The number of aliphatic hydroxyl groups is 1. The van der Waals surface area contributed by atoms with Crippen molar-refractivity contribution in [3.05, 3.63) is 35.4 Å². The maximum Gasteiger partial charge on any atom is 0.244 e. The largest absolute Gasteiger partial charge is 0.493 e. The lowest BCUT2D eigenvalue weighted by Crippen LogP contribution is -2.31. The van der Waals surface area contributed by atoms with Gasteiger partial charge >= 0.3 is 0 Å². The molecule has 0 radical (unpaired) electrons. The molecule has 0 aliphatic carbocycles. The number of hydrogen-bond donors (Lipinski definition) is 2. The number of rotatable bonds is 6. The van der Waals surface area contributed by atoms with Crippen LogP contribution in [0.1, 0.15) is 30.9 Å². The number of nitrogens with one attached hydrogen (secondary N) is 1. The molecule has 1 unspecified atom stereocenters. The van der Waals surface area contributed by atoms with Crippen LogP contribution in [-0.4, -0.2) is 30.3 Å². The summed E-state index contributed by atoms with van der Waals surface area (Å²) >= 11 is 0. The van der Waals surface area contributed by atoms with E-state index < -0.39 is 0 Å². The standard InChI is InChI=1S/C16H21NO3/c1-12(3-2-9-18)17-16(19)7-5-13-4-6-15-14(11-13)8-10-20-15/h4-7,11-12,18H,2-3,8-10H2,1H3,(H,17,19)/b7-5+. The molecule has 1 aromatic rings. The van der Waals surface area contributed by atoms with E-state index in [9.17, 15) is 4.79 Å². The predicted octanol–water partition coefficient (Wildman–Crippen LogP) is 1.91. The maximum atomic E-state index is 11.7. The zero-order chi connectivity index (χ0) is 14.4. The van der Waals surface area contributed by atoms with E-state index in [2.05, 4.69) is 11.4 Å². The molecule has 0 fully saturated rings. The number of carbonyl (C=O) groups excluding carboxylic acids is 1. The van der Waals surface area contributed by atoms with Crippen molar-refractivity contribution < 1.29 is 14.6 Å². The van der Waals surface area contributed by atoms with Crippen LogP contribution in [0.2, 0.25) is 0 Å². The molecule has 0 aromatic heterocycles. The van der Waals surface area contributed by atoms with E-state index in [1.807, 2.05) is 25.1 Å². The molecular formula is C16H21NO3. The van der Waals surface area contributed by atoms with Gasteiger partial charge in [0, 0.05) is 25.1 Å². The third-order valence-corrected chi connectivity index (χ3v) is 3.32. The number of ether oxygens (including phenoxy) is 1. The van der Waals surface area contributed by atoms with Crippen molar-refractivity contribution in [1.29, 1.82) is 0 Å². The Kier molecular flexibility index (Phi) is 5.18. The monoisotopic (exact) mass is 275 g/mol. The van der Waals surface area contributed by atoms with Gasteiger partial charge in [0.05, 0.1) is 6.61 Å². The van der Waals surface area contributed by atoms with Gasteiger partial charge in [-0.25, -0.2) is 0 Å². The zero-order valence-corrected chi connectivity index (χ0v) is 11.8. The van der Waals surface area contributed by atoms with E-state index in [1.54, 1.807) is 6.08 Å². The first-order chi connectivity index (χ1) is 9.69. The van der Waals surface area contributed by atoms with Gasteiger partial charge in [-0.3, -0.25) is 4.79 Å². The molecule has 2 N–H and O–H groups in total. The molecule has 20 heavy (non-hydrogen) atoms. The summed E-state index contributed by atoms with van der Waals surface area (Å²) in [7, 11) is 0. The van der Waals surface area contributed by atoms with Crippen LogP contribution < -0.4 is 10.1 Å². The lowest BCUT2D eigenvalue weighted by molar-refractivity contribution is -0.117. The van der Waals surface area contributed by atoms with Crippen molar-refractivity contribution in [3.63, 3.8) is 0 Å². The molecule has 1 atom stereocenters. The topological polar surface area (TPSA) is 58.6 Å². The van der Waals surface area contributed by atoms with Crippen LogP contribution in [0.25, 0.3) is 6.08 Å². The molecule has 4 nitrogen and oxygen atoms in total. The summed E-state index contributed by atoms with van der Waals surface area (Å²) in [4.78, 5) is 11.7. The summed E-state index contributed by atoms with van der Waals surface area (Å²) in [5.74, 6) is 0.844. The van der Waals surface area contributed by atoms with E-state index in [-0.39, 0.29) is 18.6 Å². The van der Waals surface area contributed by atoms with E-state index in [0.29, 0.717) is 6.42 Å². The SMILES string of the molecule is CC(CCCO)NC(=O)/C=C/c1ccc2c(c1)CCO2. The quantitative estimate of drug-likeness (QED) is 0.780. The highest BCUT2D eigenvalue weighted by Gasteiger charge is 2.11. The molecule has 2 rings (SSSR count). The number of carbonyl (C=O) groups is 1. The van der Waals surface area contributed by atoms with E-state index in [4.69, 9.17) is 9.84 Å². The molecule has 1 heterocycles. The minimum atomic E-state index is -0.104. The van der Waals surface area contributed by atoms with Crippen LogP contribution in [0, 0.1) is 0 Å². The highest BCUT2D eigenvalue weighted by atomic mass is 16.5. The molecule has 1 aliphatic heterocycles. The Bertz CT molecular complexity index is 496. The number of hydrogen-bond acceptors (Lipinski definition) is 3. The smallest absolute Gasteiger partial charge is 0.244 e. The molecule has 4 heteroatoms. The lowest BCUT2D eigenvalue weighted by atomic mass is 10.1. The minimum absolute atomic E-state index is 0.0766. The van der Waals surface area contributed by atoms with Gasteiger partial charge in [-0.15, -0.1) is 0 Å². The first-order valence-electron chi connectivity index (χ1n) is 7.04. The lowest BCUT2D eigenvalue weighted by Gasteiger charge is -2.11. The third-order valence-electron chi connectivity index (χ3n) is 3.32. The van der Waals surface area contributed by atoms with Crippen molar-refractivity contribution in [2.45, 2.75) is 32.2 Å². The highest BCUT2D eigenvalue weighted by Crippen LogP contribution is 2.26. The van der Waals surface area contributed by atoms with Crippen molar-refractivity contribution in [2.24, 2.45) is 0 Å². The van der Waals surface area contributed by atoms with Crippen molar-refractivity contribution in [1.82, 2.24) is 5.32 Å². The first kappa shape index (κ1) is 14.6. The summed E-state index contributed by atoms with van der Waals surface area (Å²) in [6, 6.07) is 6.03. The van der Waals surface area contributed by atoms with Gasteiger partial charge in [0.25, 0.3) is 0 Å². The predicted molar refractivity (Wildman–Crippen MR) is 78.6 cm³/mol. The van der Waals surface area contributed by atoms with Crippen LogP contribution in [-0.2, 0) is 11.2 Å². The normalized spacial score (nSPS) is 14.9. The number of amides is 1. The summed E-state index contributed by atoms with van der Waals surface area (Å²) in [5, 5.41) is 11.6. The summed E-state index contributed by atoms with van der Waals surface area (Å²) < 4.78 is 5.45. The minimum Gasteiger partial charge on any atom is -0.493 e. The molecule has 1 amide bonds. The van der Waals surface area contributed by atoms with Crippen LogP contribution in [0.5, 0.6) is 5.75 Å². The number of aliphatic hydroxyl groups excluding tert-OH is 1. The third kappa shape index (κ3) is 4.10. The maximum absolute atomic E-state index is 11.7. The molecule has 1 aromatic carbocycles. The van der Waals surface area contributed by atoms with Crippen LogP contribution in [0.4, 0.5) is 0 Å². The Morgan fingerprint density at radius 2 is 2.40 bits per heavy atom. The second-order valence-corrected chi connectivity index (χ2v) is 5.07. The van der Waals surface area contributed by atoms with Crippen molar-refractivity contribution >= 4 is 12.0 Å². The van der Waals surface area contributed by atoms with Gasteiger partial charge in [-0.05, 0) is 49.1 Å². The van der Waals surface area contributed by atoms with Crippen molar-refractivity contribution in [3.8, 4) is 5.75 Å². The Balaban J connectivity index is 1.87. The summed E-state index contributed by atoms with van der Waals surface area (Å²) in [5.41, 5.74) is 2.20. The summed E-state index contributed by atoms with van der Waals surface area (Å²) in [6.07, 6.45) is 5.78. The molecule has 0 spiro atoms. The summed E-state index contributed by atoms with van der Waals surface area (Å²) in [6.45, 7) is 2.84. The molecular weight excluding hydrogens is 254 g/mol. The Morgan fingerprint density at radius 3 is 3.20 bits per heavy atom. The second kappa shape index (κ2) is 7.10. The molecule has 0 saturated heterocycles. The van der Waals surface area contributed by atoms with E-state index in [1.165, 1.54) is 5.56 Å². The second-order valence-electron chi connectivity index (χ2n) is 5.07. The molecule has 108 valence electrons. The van der Waals surface area contributed by atoms with Gasteiger partial charge in [0.1, 0.15) is 5.75 Å². The van der Waals surface area contributed by atoms with Crippen molar-refractivity contribution in [2.75, 3.05) is 13.2 Å². The van der Waals surface area contributed by atoms with E-state index in [0.717, 1.165) is 30.8 Å². The average molecular weight is 275 g/mol. The highest BCUT2D eigenvalue weighted by molar-refractivity contribution is 5.91. The number of fused-ring (bicyclic) bond motifs is 1. The first-order valence-corrected chi connectivity index (χ1v) is 7.04. The molecule has 0 bridgehead atoms. The molecule has 1 aliphatic rings. The zero-order valence-electron chi connectivity index (χ0n) is 11.8. The van der Waals surface area contributed by atoms with Crippen LogP contribution >= 0.6 is 0 Å². The van der Waals surface area contributed by atoms with Gasteiger partial charge in [0.2, 0.25) is 5.91 Å². The van der Waals surface area contributed by atoms with E-state index >= 15 is 0 Å². The fraction of sp³-hybridized carbons (Fsp3) is 0.438. The Hall–Kier alpha value is -1.81. The number of benzene rings is 1. The fourth-order valence-electron chi connectivity index (χ4n) is 2.24. The van der Waals surface area contributed by atoms with Gasteiger partial charge in [-0.1, -0.05) is 6.07 Å². The van der Waals surface area contributed by atoms with Crippen LogP contribution in [0.3, 0.4) is 0 Å². The average Bonchev–Trinajstić information content (AvgIpc) is 2.90. The van der Waals surface area contributed by atoms with Gasteiger partial charge in [0.15, 0.2) is 0 Å².